The predicted octanol–water partition coefficient (Wildman–Crippen LogP) is 2.93. The van der Waals surface area contributed by atoms with Crippen molar-refractivity contribution in [2.75, 3.05) is 17.2 Å². The number of halogens is 2. The Morgan fingerprint density at radius 3 is 2.67 bits per heavy atom. The van der Waals surface area contributed by atoms with E-state index in [2.05, 4.69) is 20.6 Å². The van der Waals surface area contributed by atoms with Gasteiger partial charge in [-0.15, -0.1) is 0 Å². The molecule has 2 rings (SSSR count). The number of nitrogens with one attached hydrogen (secondary N) is 2. The van der Waals surface area contributed by atoms with Crippen molar-refractivity contribution in [3.8, 4) is 0 Å². The Bertz CT molecular complexity index is 545. The Labute approximate surface area is 103 Å². The second-order valence-corrected chi connectivity index (χ2v) is 3.53. The lowest BCUT2D eigenvalue weighted by molar-refractivity contribution is 0.616. The summed E-state index contributed by atoms with van der Waals surface area (Å²) in [6.45, 7) is 2.49. The maximum absolute atomic E-state index is 13.5. The van der Waals surface area contributed by atoms with Gasteiger partial charge in [-0.2, -0.15) is 4.98 Å². The summed E-state index contributed by atoms with van der Waals surface area (Å²) >= 11 is 0. The molecule has 2 N–H and O–H groups in total. The molecule has 0 fully saturated rings. The maximum Gasteiger partial charge on any atom is 0.224 e. The molecule has 6 heteroatoms. The van der Waals surface area contributed by atoms with E-state index in [-0.39, 0.29) is 17.5 Å². The first-order valence-electron chi connectivity index (χ1n) is 5.48. The minimum absolute atomic E-state index is 0.0638. The molecule has 0 amide bonds. The van der Waals surface area contributed by atoms with Gasteiger partial charge in [0, 0.05) is 6.54 Å². The quantitative estimate of drug-likeness (QED) is 0.876. The van der Waals surface area contributed by atoms with Crippen molar-refractivity contribution in [3.05, 3.63) is 42.1 Å². The van der Waals surface area contributed by atoms with E-state index in [1.807, 2.05) is 6.92 Å². The summed E-state index contributed by atoms with van der Waals surface area (Å²) in [4.78, 5) is 7.69. The number of anilines is 3. The highest BCUT2D eigenvalue weighted by Crippen LogP contribution is 2.20. The molecule has 0 aliphatic carbocycles. The van der Waals surface area contributed by atoms with Gasteiger partial charge in [-0.3, -0.25) is 0 Å². The van der Waals surface area contributed by atoms with E-state index in [0.29, 0.717) is 6.54 Å². The van der Waals surface area contributed by atoms with Crippen LogP contribution in [-0.2, 0) is 0 Å². The van der Waals surface area contributed by atoms with E-state index < -0.39 is 11.6 Å². The fourth-order valence-electron chi connectivity index (χ4n) is 1.39. The number of benzene rings is 1. The van der Waals surface area contributed by atoms with Gasteiger partial charge in [-0.1, -0.05) is 12.1 Å². The summed E-state index contributed by atoms with van der Waals surface area (Å²) in [6, 6.07) is 5.99. The van der Waals surface area contributed by atoms with Crippen molar-refractivity contribution < 1.29 is 8.78 Å². The van der Waals surface area contributed by atoms with Crippen LogP contribution >= 0.6 is 0 Å². The van der Waals surface area contributed by atoms with E-state index in [9.17, 15) is 8.78 Å². The summed E-state index contributed by atoms with van der Waals surface area (Å²) in [5, 5.41) is 5.45. The zero-order valence-electron chi connectivity index (χ0n) is 9.74. The minimum Gasteiger partial charge on any atom is -0.354 e. The van der Waals surface area contributed by atoms with Gasteiger partial charge >= 0.3 is 0 Å². The molecule has 4 nitrogen and oxygen atoms in total. The highest BCUT2D eigenvalue weighted by atomic mass is 19.1. The van der Waals surface area contributed by atoms with Crippen LogP contribution in [0.15, 0.2) is 30.5 Å². The third kappa shape index (κ3) is 2.71. The van der Waals surface area contributed by atoms with Crippen LogP contribution in [0, 0.1) is 11.6 Å². The second kappa shape index (κ2) is 5.39. The van der Waals surface area contributed by atoms with Crippen LogP contribution in [0.5, 0.6) is 0 Å². The molecule has 0 unspecified atom stereocenters. The van der Waals surface area contributed by atoms with Gasteiger partial charge in [0.1, 0.15) is 5.82 Å². The van der Waals surface area contributed by atoms with Crippen LogP contribution in [0.4, 0.5) is 26.2 Å². The number of nitrogens with zero attached hydrogens (tertiary/aromatic N) is 2. The largest absolute Gasteiger partial charge is 0.354 e. The molecule has 0 radical (unpaired) electrons. The van der Waals surface area contributed by atoms with Crippen LogP contribution in [0.3, 0.4) is 0 Å². The van der Waals surface area contributed by atoms with Gasteiger partial charge in [0.25, 0.3) is 0 Å². The number of hydrogen-bond donors (Lipinski definition) is 2. The summed E-state index contributed by atoms with van der Waals surface area (Å²) < 4.78 is 26.9. The standard InChI is InChI=1S/C12H12F2N4/c1-2-15-12-16-7-9(14)11(18-12)17-10-6-4-3-5-8(10)13/h3-7H,2H2,1H3,(H2,15,16,17,18). The van der Waals surface area contributed by atoms with Crippen LogP contribution in [0.2, 0.25) is 0 Å². The smallest absolute Gasteiger partial charge is 0.224 e. The van der Waals surface area contributed by atoms with E-state index in [1.165, 1.54) is 12.1 Å². The zero-order valence-corrected chi connectivity index (χ0v) is 9.74. The molecule has 0 saturated carbocycles. The Kier molecular flexibility index (Phi) is 3.66. The second-order valence-electron chi connectivity index (χ2n) is 3.53. The fraction of sp³-hybridized carbons (Fsp3) is 0.167. The molecule has 0 saturated heterocycles. The highest BCUT2D eigenvalue weighted by molar-refractivity contribution is 5.57. The maximum atomic E-state index is 13.5. The molecule has 0 spiro atoms. The van der Waals surface area contributed by atoms with Crippen LogP contribution in [0.1, 0.15) is 6.92 Å². The normalized spacial score (nSPS) is 10.2. The summed E-state index contributed by atoms with van der Waals surface area (Å²) in [6.07, 6.45) is 1.04. The molecule has 94 valence electrons. The zero-order chi connectivity index (χ0) is 13.0. The van der Waals surface area contributed by atoms with Gasteiger partial charge in [0.2, 0.25) is 5.95 Å². The topological polar surface area (TPSA) is 49.8 Å². The third-order valence-corrected chi connectivity index (χ3v) is 2.21. The Balaban J connectivity index is 2.28. The van der Waals surface area contributed by atoms with Crippen molar-refractivity contribution in [3.63, 3.8) is 0 Å². The first-order chi connectivity index (χ1) is 8.70. The molecule has 1 heterocycles. The highest BCUT2D eigenvalue weighted by Gasteiger charge is 2.09. The Morgan fingerprint density at radius 2 is 1.94 bits per heavy atom. The van der Waals surface area contributed by atoms with E-state index in [4.69, 9.17) is 0 Å². The molecule has 0 aliphatic heterocycles. The molecule has 18 heavy (non-hydrogen) atoms. The van der Waals surface area contributed by atoms with E-state index in [0.717, 1.165) is 6.20 Å². The molecule has 0 bridgehead atoms. The Morgan fingerprint density at radius 1 is 1.17 bits per heavy atom. The van der Waals surface area contributed by atoms with Gasteiger partial charge < -0.3 is 10.6 Å². The lowest BCUT2D eigenvalue weighted by Gasteiger charge is -2.09. The lowest BCUT2D eigenvalue weighted by Crippen LogP contribution is -2.06. The average molecular weight is 250 g/mol. The van der Waals surface area contributed by atoms with Crippen molar-refractivity contribution in [1.82, 2.24) is 9.97 Å². The summed E-state index contributed by atoms with van der Waals surface area (Å²) in [5.41, 5.74) is 0.164. The van der Waals surface area contributed by atoms with Crippen molar-refractivity contribution in [2.45, 2.75) is 6.92 Å². The molecular weight excluding hydrogens is 238 g/mol. The van der Waals surface area contributed by atoms with Crippen LogP contribution in [0.25, 0.3) is 0 Å². The number of hydrogen-bond acceptors (Lipinski definition) is 4. The average Bonchev–Trinajstić information content (AvgIpc) is 2.36. The predicted molar refractivity (Wildman–Crippen MR) is 65.8 cm³/mol. The SMILES string of the molecule is CCNc1ncc(F)c(Nc2ccccc2F)n1. The van der Waals surface area contributed by atoms with Gasteiger partial charge in [-0.25, -0.2) is 13.8 Å². The molecule has 0 atom stereocenters. The lowest BCUT2D eigenvalue weighted by atomic mass is 10.3. The van der Waals surface area contributed by atoms with Crippen LogP contribution < -0.4 is 10.6 Å². The van der Waals surface area contributed by atoms with Crippen LogP contribution in [-0.4, -0.2) is 16.5 Å². The van der Waals surface area contributed by atoms with E-state index >= 15 is 0 Å². The van der Waals surface area contributed by atoms with E-state index in [1.54, 1.807) is 12.1 Å². The number of aromatic nitrogens is 2. The minimum atomic E-state index is -0.639. The summed E-state index contributed by atoms with van der Waals surface area (Å²) in [7, 11) is 0. The fourth-order valence-corrected chi connectivity index (χ4v) is 1.39. The first kappa shape index (κ1) is 12.2. The molecule has 1 aromatic carbocycles. The van der Waals surface area contributed by atoms with Crippen molar-refractivity contribution in [2.24, 2.45) is 0 Å². The molecular formula is C12H12F2N4. The number of rotatable bonds is 4. The monoisotopic (exact) mass is 250 g/mol. The molecule has 1 aromatic heterocycles. The molecule has 0 aliphatic rings. The first-order valence-corrected chi connectivity index (χ1v) is 5.48. The third-order valence-electron chi connectivity index (χ3n) is 2.21. The van der Waals surface area contributed by atoms with Crippen molar-refractivity contribution >= 4 is 17.5 Å². The molecule has 2 aromatic rings. The van der Waals surface area contributed by atoms with Gasteiger partial charge in [0.15, 0.2) is 11.6 Å². The van der Waals surface area contributed by atoms with Gasteiger partial charge in [-0.05, 0) is 19.1 Å². The number of para-hydroxylation sites is 1. The van der Waals surface area contributed by atoms with Gasteiger partial charge in [0.05, 0.1) is 11.9 Å². The Hall–Kier alpha value is -2.24. The van der Waals surface area contributed by atoms with Crippen molar-refractivity contribution in [1.29, 1.82) is 0 Å². The summed E-state index contributed by atoms with van der Waals surface area (Å²) in [5.74, 6) is -0.885.